The maximum atomic E-state index is 10.6. The summed E-state index contributed by atoms with van der Waals surface area (Å²) in [6.07, 6.45) is -0.439. The Labute approximate surface area is 151 Å². The zero-order valence-corrected chi connectivity index (χ0v) is 14.6. The molecule has 4 rings (SSSR count). The lowest BCUT2D eigenvalue weighted by Crippen LogP contribution is -2.18. The van der Waals surface area contributed by atoms with Crippen LogP contribution >= 0.6 is 11.8 Å². The van der Waals surface area contributed by atoms with Crippen LogP contribution in [0.2, 0.25) is 0 Å². The number of hydrogen-bond donors (Lipinski definition) is 2. The number of fused-ring (bicyclic) bond motifs is 3. The standard InChI is InChI=1S/C21H20N2OS/c22-15-6-5-7-17(12-15)25-14-16(24)13-23-20-10-3-1-8-18(20)19-9-2-4-11-21(19)23/h1-12,16,24H,13-14,22H2. The van der Waals surface area contributed by atoms with Gasteiger partial charge in [-0.25, -0.2) is 0 Å². The van der Waals surface area contributed by atoms with Gasteiger partial charge in [0.1, 0.15) is 0 Å². The molecule has 25 heavy (non-hydrogen) atoms. The van der Waals surface area contributed by atoms with E-state index < -0.39 is 6.10 Å². The Morgan fingerprint density at radius 1 is 0.880 bits per heavy atom. The van der Waals surface area contributed by atoms with Gasteiger partial charge in [-0.15, -0.1) is 11.8 Å². The lowest BCUT2D eigenvalue weighted by atomic mass is 10.2. The first-order chi connectivity index (χ1) is 12.2. The van der Waals surface area contributed by atoms with Crippen molar-refractivity contribution < 1.29 is 5.11 Å². The summed E-state index contributed by atoms with van der Waals surface area (Å²) < 4.78 is 2.22. The van der Waals surface area contributed by atoms with Gasteiger partial charge in [-0.2, -0.15) is 0 Å². The highest BCUT2D eigenvalue weighted by Crippen LogP contribution is 2.29. The largest absolute Gasteiger partial charge is 0.399 e. The van der Waals surface area contributed by atoms with Crippen LogP contribution in [0.25, 0.3) is 21.8 Å². The fourth-order valence-corrected chi connectivity index (χ4v) is 4.14. The van der Waals surface area contributed by atoms with Crippen molar-refractivity contribution in [1.29, 1.82) is 0 Å². The predicted molar refractivity (Wildman–Crippen MR) is 107 cm³/mol. The van der Waals surface area contributed by atoms with E-state index in [1.165, 1.54) is 10.8 Å². The van der Waals surface area contributed by atoms with E-state index >= 15 is 0 Å². The maximum absolute atomic E-state index is 10.6. The van der Waals surface area contributed by atoms with Gasteiger partial charge in [-0.3, -0.25) is 0 Å². The van der Waals surface area contributed by atoms with Crippen molar-refractivity contribution in [3.8, 4) is 0 Å². The molecule has 0 bridgehead atoms. The second-order valence-corrected chi connectivity index (χ2v) is 7.28. The lowest BCUT2D eigenvalue weighted by molar-refractivity contribution is 0.181. The first kappa shape index (κ1) is 16.1. The topological polar surface area (TPSA) is 51.2 Å². The third-order valence-electron chi connectivity index (χ3n) is 4.37. The molecule has 3 N–H and O–H groups in total. The third kappa shape index (κ3) is 3.23. The zero-order chi connectivity index (χ0) is 17.2. The summed E-state index contributed by atoms with van der Waals surface area (Å²) in [4.78, 5) is 1.08. The first-order valence-electron chi connectivity index (χ1n) is 8.35. The summed E-state index contributed by atoms with van der Waals surface area (Å²) in [6, 6.07) is 24.5. The number of thioether (sulfide) groups is 1. The summed E-state index contributed by atoms with van der Waals surface area (Å²) in [5.74, 6) is 0.629. The van der Waals surface area contributed by atoms with E-state index in [2.05, 4.69) is 41.0 Å². The molecule has 3 aromatic carbocycles. The van der Waals surface area contributed by atoms with Crippen LogP contribution in [0.1, 0.15) is 0 Å². The number of para-hydroxylation sites is 2. The molecular formula is C21H20N2OS. The summed E-state index contributed by atoms with van der Waals surface area (Å²) >= 11 is 1.63. The molecule has 126 valence electrons. The minimum Gasteiger partial charge on any atom is -0.399 e. The number of rotatable bonds is 5. The summed E-state index contributed by atoms with van der Waals surface area (Å²) in [7, 11) is 0. The smallest absolute Gasteiger partial charge is 0.0813 e. The minimum absolute atomic E-state index is 0.439. The number of nitrogen functional groups attached to an aromatic ring is 1. The van der Waals surface area contributed by atoms with E-state index in [1.807, 2.05) is 36.4 Å². The zero-order valence-electron chi connectivity index (χ0n) is 13.8. The molecule has 1 unspecified atom stereocenters. The Balaban J connectivity index is 1.59. The molecule has 0 fully saturated rings. The molecule has 0 saturated carbocycles. The lowest BCUT2D eigenvalue weighted by Gasteiger charge is -2.14. The Morgan fingerprint density at radius 2 is 1.52 bits per heavy atom. The highest BCUT2D eigenvalue weighted by molar-refractivity contribution is 7.99. The second kappa shape index (κ2) is 6.82. The van der Waals surface area contributed by atoms with Gasteiger partial charge in [0.2, 0.25) is 0 Å². The van der Waals surface area contributed by atoms with E-state index in [1.54, 1.807) is 11.8 Å². The Hall–Kier alpha value is -2.43. The van der Waals surface area contributed by atoms with Crippen molar-refractivity contribution in [2.75, 3.05) is 11.5 Å². The molecule has 1 aromatic heterocycles. The third-order valence-corrected chi connectivity index (χ3v) is 5.51. The number of aliphatic hydroxyl groups excluding tert-OH is 1. The van der Waals surface area contributed by atoms with E-state index in [0.29, 0.717) is 12.3 Å². The van der Waals surface area contributed by atoms with Crippen LogP contribution in [-0.4, -0.2) is 21.5 Å². The molecule has 0 amide bonds. The van der Waals surface area contributed by atoms with Crippen LogP contribution < -0.4 is 5.73 Å². The van der Waals surface area contributed by atoms with Crippen molar-refractivity contribution in [1.82, 2.24) is 4.57 Å². The molecule has 4 aromatic rings. The van der Waals surface area contributed by atoms with Crippen LogP contribution in [0.15, 0.2) is 77.7 Å². The predicted octanol–water partition coefficient (Wildman–Crippen LogP) is 4.53. The number of anilines is 1. The van der Waals surface area contributed by atoms with Crippen LogP contribution in [0.3, 0.4) is 0 Å². The average Bonchev–Trinajstić information content (AvgIpc) is 2.95. The van der Waals surface area contributed by atoms with Gasteiger partial charge >= 0.3 is 0 Å². The first-order valence-corrected chi connectivity index (χ1v) is 9.33. The van der Waals surface area contributed by atoms with E-state index in [0.717, 1.165) is 21.6 Å². The van der Waals surface area contributed by atoms with Crippen molar-refractivity contribution in [3.05, 3.63) is 72.8 Å². The van der Waals surface area contributed by atoms with E-state index in [9.17, 15) is 5.11 Å². The van der Waals surface area contributed by atoms with Crippen LogP contribution in [0, 0.1) is 0 Å². The average molecular weight is 348 g/mol. The number of nitrogens with zero attached hydrogens (tertiary/aromatic N) is 1. The van der Waals surface area contributed by atoms with Crippen LogP contribution in [0.5, 0.6) is 0 Å². The SMILES string of the molecule is Nc1cccc(SCC(O)Cn2c3ccccc3c3ccccc32)c1. The van der Waals surface area contributed by atoms with E-state index in [4.69, 9.17) is 5.73 Å². The summed E-state index contributed by atoms with van der Waals surface area (Å²) in [5, 5.41) is 13.1. The molecule has 3 nitrogen and oxygen atoms in total. The Kier molecular flexibility index (Phi) is 4.38. The molecular weight excluding hydrogens is 328 g/mol. The molecule has 0 aliphatic heterocycles. The number of benzene rings is 3. The van der Waals surface area contributed by atoms with Gasteiger partial charge in [-0.05, 0) is 30.3 Å². The fourth-order valence-electron chi connectivity index (χ4n) is 3.26. The fraction of sp³-hybridized carbons (Fsp3) is 0.143. The normalized spacial score (nSPS) is 12.7. The van der Waals surface area contributed by atoms with E-state index in [-0.39, 0.29) is 0 Å². The summed E-state index contributed by atoms with van der Waals surface area (Å²) in [6.45, 7) is 0.573. The van der Waals surface area contributed by atoms with Crippen LogP contribution in [0.4, 0.5) is 5.69 Å². The van der Waals surface area contributed by atoms with Gasteiger partial charge < -0.3 is 15.4 Å². The second-order valence-electron chi connectivity index (χ2n) is 6.18. The van der Waals surface area contributed by atoms with Crippen LogP contribution in [-0.2, 0) is 6.54 Å². The maximum Gasteiger partial charge on any atom is 0.0813 e. The molecule has 4 heteroatoms. The minimum atomic E-state index is -0.439. The number of aromatic nitrogens is 1. The van der Waals surface area contributed by atoms with Crippen molar-refractivity contribution in [2.24, 2.45) is 0 Å². The number of nitrogens with two attached hydrogens (primary N) is 1. The molecule has 0 radical (unpaired) electrons. The van der Waals surface area contributed by atoms with Crippen molar-refractivity contribution >= 4 is 39.3 Å². The highest BCUT2D eigenvalue weighted by atomic mass is 32.2. The Morgan fingerprint density at radius 3 is 2.16 bits per heavy atom. The van der Waals surface area contributed by atoms with Gasteiger partial charge in [0.05, 0.1) is 6.10 Å². The van der Waals surface area contributed by atoms with Gasteiger partial charge in [0.15, 0.2) is 0 Å². The molecule has 0 aliphatic rings. The Bertz CT molecular complexity index is 971. The van der Waals surface area contributed by atoms with Gasteiger partial charge in [0.25, 0.3) is 0 Å². The monoisotopic (exact) mass is 348 g/mol. The molecule has 1 atom stereocenters. The molecule has 0 saturated heterocycles. The van der Waals surface area contributed by atoms with Crippen molar-refractivity contribution in [3.63, 3.8) is 0 Å². The molecule has 1 heterocycles. The number of hydrogen-bond acceptors (Lipinski definition) is 3. The number of aliphatic hydroxyl groups is 1. The molecule has 0 aliphatic carbocycles. The van der Waals surface area contributed by atoms with Gasteiger partial charge in [0, 0.05) is 44.7 Å². The molecule has 0 spiro atoms. The summed E-state index contributed by atoms with van der Waals surface area (Å²) in [5.41, 5.74) is 8.90. The highest BCUT2D eigenvalue weighted by Gasteiger charge is 2.13. The van der Waals surface area contributed by atoms with Crippen molar-refractivity contribution in [2.45, 2.75) is 17.5 Å². The quantitative estimate of drug-likeness (QED) is 0.411. The van der Waals surface area contributed by atoms with Gasteiger partial charge in [-0.1, -0.05) is 42.5 Å².